The molecule has 0 aliphatic carbocycles. The Morgan fingerprint density at radius 3 is 0.875 bits per heavy atom. The molecule has 0 aliphatic rings. The molecule has 8 heteroatoms. The quantitative estimate of drug-likeness (QED) is 0.0960. The van der Waals surface area contributed by atoms with Gasteiger partial charge in [-0.05, 0) is 235 Å². The van der Waals surface area contributed by atoms with E-state index in [0.29, 0.717) is 0 Å². The molecule has 0 bridgehead atoms. The number of hydrogen-bond donors (Lipinski definition) is 0. The highest BCUT2D eigenvalue weighted by Gasteiger charge is 2.28. The normalized spacial score (nSPS) is 11.3. The van der Waals surface area contributed by atoms with Gasteiger partial charge in [-0.2, -0.15) is 0 Å². The summed E-state index contributed by atoms with van der Waals surface area (Å²) in [5.41, 5.74) is 26.6. The standard InChI is InChI=1S/2C34H23NO.2C34H23NS/c1-3-12-24(13-4-1)30-22-25-14-7-8-15-26(25)23-32(30)35(27-16-5-2-6-17-27)31-20-11-19-29-28-18-9-10-21-33(28)36-34(29)31;1-3-11-24(12-4-1)31-21-25-13-7-8-14-26(25)22-32(31)35(27-15-5-2-6-16-27)28-19-20-30-29-17-9-10-18-33(29)36-34(30)23-28;1-3-12-24(13-4-1)29-22-25-14-7-8-15-26(25)23-31(29)35(27-16-5-2-6-17-27)30-19-11-21-33-34(30)28-18-9-10-20-32(28)36-33;1-3-11-24(12-4-1)30-21-25-13-7-8-14-26(25)22-32(30)35(27-15-5-2-6-16-27)28-19-20-34-31(23-28)29-17-9-10-18-33(29)36-34/h4*1-23H. The average molecular weight is 1880 g/mol. The third-order valence-corrected chi connectivity index (χ3v) is 29.6. The number of benzene rings is 24. The molecule has 0 spiro atoms. The lowest BCUT2D eigenvalue weighted by Gasteiger charge is -2.29. The summed E-state index contributed by atoms with van der Waals surface area (Å²) >= 11 is 3.72. The van der Waals surface area contributed by atoms with Crippen LogP contribution in [0.4, 0.5) is 68.2 Å². The molecule has 0 fully saturated rings. The van der Waals surface area contributed by atoms with Gasteiger partial charge < -0.3 is 28.4 Å². The predicted molar refractivity (Wildman–Crippen MR) is 617 cm³/mol. The van der Waals surface area contributed by atoms with Crippen molar-refractivity contribution in [3.8, 4) is 44.5 Å². The zero-order valence-electron chi connectivity index (χ0n) is 78.5. The molecule has 0 aliphatic heterocycles. The molecular formula is C136H92N4O2S2. The Morgan fingerprint density at radius 2 is 0.431 bits per heavy atom. The van der Waals surface area contributed by atoms with Gasteiger partial charge in [-0.3, -0.25) is 0 Å². The SMILES string of the molecule is c1ccc(-c2cc3ccccc3cc2N(c2ccccc2)c2ccc3c(c2)oc2ccccc23)cc1.c1ccc(-c2cc3ccccc3cc2N(c2ccccc2)c2ccc3sc4ccccc4c3c2)cc1.c1ccc(-c2cc3ccccc3cc2N(c2ccccc2)c2cccc3c2oc2ccccc23)cc1.c1ccc(-c2cc3ccccc3cc2N(c2ccccc2)c2cccc3sc4ccccc4c23)cc1. The first kappa shape index (κ1) is 87.1. The Hall–Kier alpha value is -18.4. The maximum atomic E-state index is 6.50. The molecule has 0 N–H and O–H groups in total. The van der Waals surface area contributed by atoms with Gasteiger partial charge in [0, 0.05) is 124 Å². The van der Waals surface area contributed by atoms with E-state index in [1.807, 2.05) is 46.9 Å². The van der Waals surface area contributed by atoms with Gasteiger partial charge in [-0.15, -0.1) is 22.7 Å². The highest BCUT2D eigenvalue weighted by atomic mass is 32.1. The van der Waals surface area contributed by atoms with Crippen molar-refractivity contribution in [1.29, 1.82) is 0 Å². The van der Waals surface area contributed by atoms with Crippen LogP contribution in [0.25, 0.3) is 172 Å². The van der Waals surface area contributed by atoms with Crippen molar-refractivity contribution in [2.45, 2.75) is 0 Å². The Balaban J connectivity index is 0.000000101. The molecule has 0 atom stereocenters. The number of rotatable bonds is 16. The summed E-state index contributed by atoms with van der Waals surface area (Å²) in [5.74, 6) is 0. The van der Waals surface area contributed by atoms with E-state index >= 15 is 0 Å². The van der Waals surface area contributed by atoms with Crippen LogP contribution >= 0.6 is 22.7 Å². The lowest BCUT2D eigenvalue weighted by molar-refractivity contribution is 0.668. The zero-order chi connectivity index (χ0) is 95.6. The summed E-state index contributed by atoms with van der Waals surface area (Å²) in [7, 11) is 0. The zero-order valence-corrected chi connectivity index (χ0v) is 80.2. The fourth-order valence-corrected chi connectivity index (χ4v) is 22.8. The Morgan fingerprint density at radius 1 is 0.146 bits per heavy atom. The maximum Gasteiger partial charge on any atom is 0.159 e. The number of nitrogens with zero attached hydrogens (tertiary/aromatic N) is 4. The predicted octanol–water partition coefficient (Wildman–Crippen LogP) is 40.4. The van der Waals surface area contributed by atoms with Crippen LogP contribution in [-0.2, 0) is 0 Å². The highest BCUT2D eigenvalue weighted by molar-refractivity contribution is 7.26. The molecule has 0 saturated carbocycles. The van der Waals surface area contributed by atoms with Crippen LogP contribution in [0.1, 0.15) is 0 Å². The molecule has 28 aromatic rings. The van der Waals surface area contributed by atoms with Gasteiger partial charge in [-0.25, -0.2) is 0 Å². The van der Waals surface area contributed by atoms with E-state index in [1.54, 1.807) is 0 Å². The molecule has 0 saturated heterocycles. The maximum absolute atomic E-state index is 6.50. The third-order valence-electron chi connectivity index (χ3n) is 27.3. The van der Waals surface area contributed by atoms with E-state index < -0.39 is 0 Å². The molecule has 680 valence electrons. The fraction of sp³-hybridized carbons (Fsp3) is 0. The molecule has 0 amide bonds. The second-order valence-corrected chi connectivity index (χ2v) is 38.2. The molecule has 24 aromatic carbocycles. The van der Waals surface area contributed by atoms with Crippen molar-refractivity contribution < 1.29 is 8.83 Å². The topological polar surface area (TPSA) is 39.2 Å². The molecule has 28 rings (SSSR count). The molecule has 144 heavy (non-hydrogen) atoms. The number of para-hydroxylation sites is 7. The van der Waals surface area contributed by atoms with Crippen LogP contribution in [0.5, 0.6) is 0 Å². The molecule has 0 unspecified atom stereocenters. The minimum Gasteiger partial charge on any atom is -0.456 e. The van der Waals surface area contributed by atoms with Gasteiger partial charge in [0.15, 0.2) is 5.58 Å². The first-order valence-corrected chi connectivity index (χ1v) is 50.4. The second-order valence-electron chi connectivity index (χ2n) is 36.1. The lowest BCUT2D eigenvalue weighted by Crippen LogP contribution is -2.11. The summed E-state index contributed by atoms with van der Waals surface area (Å²) in [6.07, 6.45) is 0. The number of fused-ring (bicyclic) bond motifs is 16. The van der Waals surface area contributed by atoms with Crippen LogP contribution < -0.4 is 19.6 Å². The van der Waals surface area contributed by atoms with Crippen LogP contribution in [0.2, 0.25) is 0 Å². The van der Waals surface area contributed by atoms with Crippen LogP contribution in [0.15, 0.2) is 567 Å². The van der Waals surface area contributed by atoms with E-state index in [2.05, 4.69) is 553 Å². The van der Waals surface area contributed by atoms with Crippen LogP contribution in [0.3, 0.4) is 0 Å². The first-order chi connectivity index (χ1) is 71.4. The highest BCUT2D eigenvalue weighted by Crippen LogP contribution is 2.53. The monoisotopic (exact) mass is 1880 g/mol. The van der Waals surface area contributed by atoms with Crippen LogP contribution in [0, 0.1) is 0 Å². The van der Waals surface area contributed by atoms with Gasteiger partial charge >= 0.3 is 0 Å². The summed E-state index contributed by atoms with van der Waals surface area (Å²) in [5, 5.41) is 19.5. The summed E-state index contributed by atoms with van der Waals surface area (Å²) < 4.78 is 18.0. The Labute approximate surface area is 842 Å². The van der Waals surface area contributed by atoms with Crippen molar-refractivity contribution in [3.05, 3.63) is 558 Å². The Kier molecular flexibility index (Phi) is 23.4. The van der Waals surface area contributed by atoms with Crippen molar-refractivity contribution in [2.24, 2.45) is 0 Å². The van der Waals surface area contributed by atoms with Crippen molar-refractivity contribution in [3.63, 3.8) is 0 Å². The second kappa shape index (κ2) is 38.7. The van der Waals surface area contributed by atoms with Gasteiger partial charge in [0.2, 0.25) is 0 Å². The first-order valence-electron chi connectivity index (χ1n) is 48.8. The van der Waals surface area contributed by atoms with E-state index in [1.165, 1.54) is 145 Å². The molecule has 4 heterocycles. The van der Waals surface area contributed by atoms with Gasteiger partial charge in [0.1, 0.15) is 16.7 Å². The third kappa shape index (κ3) is 16.9. The summed E-state index contributed by atoms with van der Waals surface area (Å²) in [4.78, 5) is 9.51. The fourth-order valence-electron chi connectivity index (χ4n) is 20.6. The van der Waals surface area contributed by atoms with E-state index in [0.717, 1.165) is 95.1 Å². The minimum atomic E-state index is 0.884. The van der Waals surface area contributed by atoms with E-state index in [4.69, 9.17) is 8.83 Å². The number of thiophene rings is 2. The number of furan rings is 2. The van der Waals surface area contributed by atoms with Crippen molar-refractivity contribution in [2.75, 3.05) is 19.6 Å². The molecule has 0 radical (unpaired) electrons. The molecule has 6 nitrogen and oxygen atoms in total. The average Bonchev–Trinajstić information content (AvgIpc) is 1.11. The van der Waals surface area contributed by atoms with Gasteiger partial charge in [0.05, 0.1) is 34.1 Å². The number of anilines is 12. The van der Waals surface area contributed by atoms with Gasteiger partial charge in [-0.1, -0.05) is 382 Å². The van der Waals surface area contributed by atoms with Crippen molar-refractivity contribution in [1.82, 2.24) is 0 Å². The largest absolute Gasteiger partial charge is 0.456 e. The Bertz CT molecular complexity index is 9520. The summed E-state index contributed by atoms with van der Waals surface area (Å²) in [6.45, 7) is 0. The smallest absolute Gasteiger partial charge is 0.159 e. The summed E-state index contributed by atoms with van der Waals surface area (Å²) in [6, 6.07) is 199. The molecule has 4 aromatic heterocycles. The lowest BCUT2D eigenvalue weighted by atomic mass is 9.97. The van der Waals surface area contributed by atoms with E-state index in [-0.39, 0.29) is 0 Å². The van der Waals surface area contributed by atoms with Gasteiger partial charge in [0.25, 0.3) is 0 Å². The molecular weight excluding hydrogens is 1790 g/mol. The van der Waals surface area contributed by atoms with Crippen LogP contribution in [-0.4, -0.2) is 0 Å². The van der Waals surface area contributed by atoms with Crippen molar-refractivity contribution >= 4 is 218 Å². The number of hydrogen-bond acceptors (Lipinski definition) is 8. The minimum absolute atomic E-state index is 0.884. The van der Waals surface area contributed by atoms with E-state index in [9.17, 15) is 0 Å².